The molecule has 1 amide bonds. The van der Waals surface area contributed by atoms with Gasteiger partial charge in [-0.1, -0.05) is 27.7 Å². The van der Waals surface area contributed by atoms with Gasteiger partial charge in [-0.15, -0.1) is 0 Å². The Bertz CT molecular complexity index is 258. The topological polar surface area (TPSA) is 37.4 Å². The van der Waals surface area contributed by atoms with E-state index >= 15 is 0 Å². The van der Waals surface area contributed by atoms with Gasteiger partial charge in [0.1, 0.15) is 0 Å². The third-order valence-electron chi connectivity index (χ3n) is 3.18. The minimum Gasteiger partial charge on any atom is -0.335 e. The summed E-state index contributed by atoms with van der Waals surface area (Å²) in [5.41, 5.74) is 0. The van der Waals surface area contributed by atoms with Crippen LogP contribution in [0.1, 0.15) is 34.1 Å². The van der Waals surface area contributed by atoms with Crippen molar-refractivity contribution < 1.29 is 9.59 Å². The average molecular weight is 211 g/mol. The maximum atomic E-state index is 11.6. The third kappa shape index (κ3) is 3.05. The Kier molecular flexibility index (Phi) is 3.89. The van der Waals surface area contributed by atoms with E-state index in [4.69, 9.17) is 0 Å². The quantitative estimate of drug-likeness (QED) is 0.710. The summed E-state index contributed by atoms with van der Waals surface area (Å²) in [6.45, 7) is 9.08. The van der Waals surface area contributed by atoms with Gasteiger partial charge in [0, 0.05) is 18.9 Å². The first-order valence-corrected chi connectivity index (χ1v) is 5.72. The molecule has 0 aromatic carbocycles. The molecule has 3 heteroatoms. The molecule has 0 bridgehead atoms. The molecule has 0 N–H and O–H groups in total. The molecule has 1 rings (SSSR count). The van der Waals surface area contributed by atoms with E-state index in [-0.39, 0.29) is 17.6 Å². The van der Waals surface area contributed by atoms with Gasteiger partial charge in [-0.3, -0.25) is 9.59 Å². The highest BCUT2D eigenvalue weighted by molar-refractivity contribution is 5.88. The number of Topliss-reactive ketones (excluding diaryl/α,β-unsaturated/α-hetero) is 1. The number of amides is 1. The minimum absolute atomic E-state index is 0.0240. The van der Waals surface area contributed by atoms with E-state index in [1.54, 1.807) is 4.90 Å². The van der Waals surface area contributed by atoms with Gasteiger partial charge in [-0.25, -0.2) is 0 Å². The Morgan fingerprint density at radius 1 is 1.40 bits per heavy atom. The molecule has 3 nitrogen and oxygen atoms in total. The first kappa shape index (κ1) is 12.2. The maximum absolute atomic E-state index is 11.6. The van der Waals surface area contributed by atoms with Gasteiger partial charge in [0.15, 0.2) is 5.78 Å². The highest BCUT2D eigenvalue weighted by Crippen LogP contribution is 2.24. The summed E-state index contributed by atoms with van der Waals surface area (Å²) in [7, 11) is 0. The number of carbonyl (C=O) groups excluding carboxylic acids is 2. The molecule has 0 aromatic heterocycles. The maximum Gasteiger partial charge on any atom is 0.223 e. The van der Waals surface area contributed by atoms with Gasteiger partial charge < -0.3 is 4.90 Å². The highest BCUT2D eigenvalue weighted by atomic mass is 16.2. The summed E-state index contributed by atoms with van der Waals surface area (Å²) in [4.78, 5) is 24.9. The van der Waals surface area contributed by atoms with Crippen LogP contribution in [0.15, 0.2) is 0 Å². The molecule has 0 aromatic rings. The van der Waals surface area contributed by atoms with Crippen molar-refractivity contribution in [2.75, 3.05) is 13.1 Å². The molecule has 0 aliphatic carbocycles. The summed E-state index contributed by atoms with van der Waals surface area (Å²) >= 11 is 0. The molecular weight excluding hydrogens is 190 g/mol. The van der Waals surface area contributed by atoms with E-state index in [1.165, 1.54) is 0 Å². The molecule has 1 fully saturated rings. The normalized spacial score (nSPS) is 21.9. The lowest BCUT2D eigenvalue weighted by Crippen LogP contribution is -2.33. The van der Waals surface area contributed by atoms with E-state index < -0.39 is 0 Å². The first-order valence-electron chi connectivity index (χ1n) is 5.72. The van der Waals surface area contributed by atoms with Crippen molar-refractivity contribution in [3.8, 4) is 0 Å². The number of ketones is 1. The number of rotatable bonds is 4. The van der Waals surface area contributed by atoms with Crippen LogP contribution >= 0.6 is 0 Å². The van der Waals surface area contributed by atoms with Gasteiger partial charge in [-0.05, 0) is 11.8 Å². The molecule has 1 aliphatic heterocycles. The zero-order valence-electron chi connectivity index (χ0n) is 10.1. The second kappa shape index (κ2) is 4.77. The van der Waals surface area contributed by atoms with Gasteiger partial charge >= 0.3 is 0 Å². The van der Waals surface area contributed by atoms with Crippen LogP contribution in [0.5, 0.6) is 0 Å². The van der Waals surface area contributed by atoms with Crippen LogP contribution in [-0.2, 0) is 9.59 Å². The van der Waals surface area contributed by atoms with Crippen molar-refractivity contribution in [1.82, 2.24) is 4.90 Å². The Hall–Kier alpha value is -0.860. The molecule has 86 valence electrons. The van der Waals surface area contributed by atoms with Gasteiger partial charge in [0.2, 0.25) is 5.91 Å². The van der Waals surface area contributed by atoms with Crippen LogP contribution in [0.4, 0.5) is 0 Å². The van der Waals surface area contributed by atoms with Crippen molar-refractivity contribution in [3.05, 3.63) is 0 Å². The Balaban J connectivity index is 2.51. The second-order valence-corrected chi connectivity index (χ2v) is 5.10. The predicted molar refractivity (Wildman–Crippen MR) is 59.4 cm³/mol. The lowest BCUT2D eigenvalue weighted by molar-refractivity contribution is -0.133. The van der Waals surface area contributed by atoms with Crippen molar-refractivity contribution in [1.29, 1.82) is 0 Å². The highest BCUT2D eigenvalue weighted by Gasteiger charge is 2.32. The largest absolute Gasteiger partial charge is 0.335 e. The fraction of sp³-hybridized carbons (Fsp3) is 0.833. The van der Waals surface area contributed by atoms with Crippen LogP contribution in [0.2, 0.25) is 0 Å². The van der Waals surface area contributed by atoms with Crippen molar-refractivity contribution >= 4 is 11.7 Å². The number of hydrogen-bond donors (Lipinski definition) is 0. The van der Waals surface area contributed by atoms with Gasteiger partial charge in [0.05, 0.1) is 6.54 Å². The molecule has 0 saturated carbocycles. The lowest BCUT2D eigenvalue weighted by atomic mass is 9.95. The summed E-state index contributed by atoms with van der Waals surface area (Å²) in [5, 5.41) is 0. The van der Waals surface area contributed by atoms with E-state index in [9.17, 15) is 9.59 Å². The Labute approximate surface area is 91.8 Å². The average Bonchev–Trinajstić information content (AvgIpc) is 2.47. The van der Waals surface area contributed by atoms with Crippen molar-refractivity contribution in [2.45, 2.75) is 34.1 Å². The van der Waals surface area contributed by atoms with E-state index in [1.807, 2.05) is 13.8 Å². The number of hydrogen-bond acceptors (Lipinski definition) is 2. The Morgan fingerprint density at radius 3 is 2.40 bits per heavy atom. The van der Waals surface area contributed by atoms with E-state index in [2.05, 4.69) is 13.8 Å². The SMILES string of the molecule is CC(C)C(=O)CN1CC(C(C)C)CC1=O. The molecule has 0 radical (unpaired) electrons. The third-order valence-corrected chi connectivity index (χ3v) is 3.18. The van der Waals surface area contributed by atoms with E-state index in [0.29, 0.717) is 24.8 Å². The van der Waals surface area contributed by atoms with Crippen molar-refractivity contribution in [3.63, 3.8) is 0 Å². The summed E-state index contributed by atoms with van der Waals surface area (Å²) < 4.78 is 0. The predicted octanol–water partition coefficient (Wildman–Crippen LogP) is 1.72. The van der Waals surface area contributed by atoms with Gasteiger partial charge in [-0.2, -0.15) is 0 Å². The van der Waals surface area contributed by atoms with Crippen molar-refractivity contribution in [2.24, 2.45) is 17.8 Å². The molecule has 1 atom stereocenters. The molecular formula is C12H21NO2. The molecule has 1 saturated heterocycles. The minimum atomic E-state index is 0.0240. The number of carbonyl (C=O) groups is 2. The molecule has 15 heavy (non-hydrogen) atoms. The fourth-order valence-corrected chi connectivity index (χ4v) is 1.77. The smallest absolute Gasteiger partial charge is 0.223 e. The van der Waals surface area contributed by atoms with Crippen LogP contribution < -0.4 is 0 Å². The summed E-state index contributed by atoms with van der Waals surface area (Å²) in [6.07, 6.45) is 0.614. The van der Waals surface area contributed by atoms with E-state index in [0.717, 1.165) is 6.54 Å². The van der Waals surface area contributed by atoms with Crippen LogP contribution in [0.25, 0.3) is 0 Å². The number of nitrogens with zero attached hydrogens (tertiary/aromatic N) is 1. The Morgan fingerprint density at radius 2 is 2.00 bits per heavy atom. The fourth-order valence-electron chi connectivity index (χ4n) is 1.77. The van der Waals surface area contributed by atoms with Crippen LogP contribution in [-0.4, -0.2) is 29.7 Å². The molecule has 1 unspecified atom stereocenters. The molecule has 1 aliphatic rings. The van der Waals surface area contributed by atoms with Gasteiger partial charge in [0.25, 0.3) is 0 Å². The van der Waals surface area contributed by atoms with Crippen LogP contribution in [0, 0.1) is 17.8 Å². The molecule has 0 spiro atoms. The summed E-state index contributed by atoms with van der Waals surface area (Å²) in [6, 6.07) is 0. The zero-order chi connectivity index (χ0) is 11.6. The monoisotopic (exact) mass is 211 g/mol. The van der Waals surface area contributed by atoms with Crippen LogP contribution in [0.3, 0.4) is 0 Å². The first-order chi connectivity index (χ1) is 6.91. The second-order valence-electron chi connectivity index (χ2n) is 5.10. The zero-order valence-corrected chi connectivity index (χ0v) is 10.1. The summed E-state index contributed by atoms with van der Waals surface area (Å²) in [5.74, 6) is 1.27. The number of likely N-dealkylation sites (tertiary alicyclic amines) is 1. The molecule has 1 heterocycles. The standard InChI is InChI=1S/C12H21NO2/c1-8(2)10-5-12(15)13(6-10)7-11(14)9(3)4/h8-10H,5-7H2,1-4H3. The lowest BCUT2D eigenvalue weighted by Gasteiger charge is -2.18.